The number of aromatic nitrogens is 2. The van der Waals surface area contributed by atoms with Crippen LogP contribution in [0.5, 0.6) is 0 Å². The summed E-state index contributed by atoms with van der Waals surface area (Å²) in [6.45, 7) is 6.27. The molecule has 0 bridgehead atoms. The van der Waals surface area contributed by atoms with E-state index in [4.69, 9.17) is 4.74 Å². The van der Waals surface area contributed by atoms with Crippen molar-refractivity contribution in [2.24, 2.45) is 0 Å². The maximum atomic E-state index is 12.1. The molecule has 2 heterocycles. The molecule has 0 atom stereocenters. The van der Waals surface area contributed by atoms with Crippen LogP contribution >= 0.6 is 11.3 Å². The highest BCUT2D eigenvalue weighted by molar-refractivity contribution is 7.18. The number of hydrogen-bond donors (Lipinski definition) is 2. The molecule has 0 spiro atoms. The van der Waals surface area contributed by atoms with E-state index in [-0.39, 0.29) is 5.56 Å². The van der Waals surface area contributed by atoms with Crippen molar-refractivity contribution in [1.29, 1.82) is 0 Å². The van der Waals surface area contributed by atoms with Crippen molar-refractivity contribution < 1.29 is 4.74 Å². The van der Waals surface area contributed by atoms with Gasteiger partial charge in [0, 0.05) is 18.6 Å². The van der Waals surface area contributed by atoms with Crippen molar-refractivity contribution >= 4 is 21.6 Å². The number of hydrogen-bond acceptors (Lipinski definition) is 5. The highest BCUT2D eigenvalue weighted by Gasteiger charge is 2.11. The Balaban J connectivity index is 2.00. The van der Waals surface area contributed by atoms with Gasteiger partial charge in [0.2, 0.25) is 0 Å². The summed E-state index contributed by atoms with van der Waals surface area (Å²) in [6, 6.07) is 0. The lowest BCUT2D eigenvalue weighted by Gasteiger charge is -2.04. The predicted molar refractivity (Wildman–Crippen MR) is 82.5 cm³/mol. The minimum atomic E-state index is -0.0342. The van der Waals surface area contributed by atoms with Crippen molar-refractivity contribution in [2.45, 2.75) is 33.2 Å². The second-order valence-electron chi connectivity index (χ2n) is 4.85. The summed E-state index contributed by atoms with van der Waals surface area (Å²) in [4.78, 5) is 21.4. The summed E-state index contributed by atoms with van der Waals surface area (Å²) in [5.74, 6) is 0.704. The molecule has 0 unspecified atom stereocenters. The van der Waals surface area contributed by atoms with Gasteiger partial charge in [0.05, 0.1) is 11.9 Å². The minimum Gasteiger partial charge on any atom is -0.385 e. The second-order valence-corrected chi connectivity index (χ2v) is 6.06. The number of aromatic amines is 1. The molecule has 5 nitrogen and oxygen atoms in total. The molecule has 2 N–H and O–H groups in total. The van der Waals surface area contributed by atoms with E-state index in [1.54, 1.807) is 18.4 Å². The predicted octanol–water partition coefficient (Wildman–Crippen LogP) is 2.12. The number of thiophene rings is 1. The molecule has 2 aromatic rings. The van der Waals surface area contributed by atoms with Gasteiger partial charge in [-0.25, -0.2) is 4.98 Å². The molecule has 2 rings (SSSR count). The van der Waals surface area contributed by atoms with E-state index in [1.165, 1.54) is 0 Å². The van der Waals surface area contributed by atoms with Crippen molar-refractivity contribution in [2.75, 3.05) is 20.3 Å². The summed E-state index contributed by atoms with van der Waals surface area (Å²) in [5, 5.41) is 4.02. The molecule has 0 aliphatic heterocycles. The van der Waals surface area contributed by atoms with Crippen molar-refractivity contribution in [1.82, 2.24) is 15.3 Å². The third kappa shape index (κ3) is 3.45. The maximum absolute atomic E-state index is 12.1. The molecule has 0 aromatic carbocycles. The van der Waals surface area contributed by atoms with Crippen LogP contribution in [0.4, 0.5) is 0 Å². The fourth-order valence-corrected chi connectivity index (χ4v) is 3.14. The van der Waals surface area contributed by atoms with Crippen LogP contribution in [0.1, 0.15) is 29.1 Å². The summed E-state index contributed by atoms with van der Waals surface area (Å²) in [5.41, 5.74) is 1.01. The molecule has 20 heavy (non-hydrogen) atoms. The first-order valence-electron chi connectivity index (χ1n) is 6.82. The minimum absolute atomic E-state index is 0.0342. The first-order valence-corrected chi connectivity index (χ1v) is 7.63. The Morgan fingerprint density at radius 2 is 2.15 bits per heavy atom. The van der Waals surface area contributed by atoms with Crippen molar-refractivity contribution in [3.8, 4) is 0 Å². The maximum Gasteiger partial charge on any atom is 0.259 e. The van der Waals surface area contributed by atoms with Gasteiger partial charge in [0.25, 0.3) is 5.56 Å². The Morgan fingerprint density at radius 1 is 1.35 bits per heavy atom. The van der Waals surface area contributed by atoms with Gasteiger partial charge >= 0.3 is 0 Å². The Labute approximate surface area is 122 Å². The van der Waals surface area contributed by atoms with Gasteiger partial charge in [0.1, 0.15) is 10.7 Å². The normalized spacial score (nSPS) is 11.3. The first-order chi connectivity index (χ1) is 9.63. The van der Waals surface area contributed by atoms with E-state index in [1.807, 2.05) is 13.8 Å². The average molecular weight is 295 g/mol. The van der Waals surface area contributed by atoms with E-state index in [2.05, 4.69) is 15.3 Å². The number of aryl methyl sites for hydroxylation is 2. The fourth-order valence-electron chi connectivity index (χ4n) is 2.09. The second kappa shape index (κ2) is 6.97. The number of methoxy groups -OCH3 is 1. The van der Waals surface area contributed by atoms with Gasteiger partial charge < -0.3 is 15.0 Å². The highest BCUT2D eigenvalue weighted by atomic mass is 32.1. The highest BCUT2D eigenvalue weighted by Crippen LogP contribution is 2.25. The van der Waals surface area contributed by atoms with E-state index < -0.39 is 0 Å². The molecule has 2 aromatic heterocycles. The zero-order valence-corrected chi connectivity index (χ0v) is 13.0. The smallest absolute Gasteiger partial charge is 0.259 e. The number of ether oxygens (including phenoxy) is 1. The lowest BCUT2D eigenvalue weighted by Crippen LogP contribution is -2.20. The van der Waals surface area contributed by atoms with Gasteiger partial charge in [-0.3, -0.25) is 4.79 Å². The Hall–Kier alpha value is -1.24. The molecule has 0 fully saturated rings. The third-order valence-electron chi connectivity index (χ3n) is 3.33. The number of unbranched alkanes of at least 4 members (excludes halogenated alkanes) is 1. The number of nitrogens with zero attached hydrogens (tertiary/aromatic N) is 1. The van der Waals surface area contributed by atoms with Crippen molar-refractivity contribution in [3.63, 3.8) is 0 Å². The largest absolute Gasteiger partial charge is 0.385 e. The van der Waals surface area contributed by atoms with E-state index in [9.17, 15) is 4.79 Å². The Morgan fingerprint density at radius 3 is 2.90 bits per heavy atom. The van der Waals surface area contributed by atoms with Crippen LogP contribution in [0, 0.1) is 13.8 Å². The number of H-pyrrole nitrogens is 1. The lowest BCUT2D eigenvalue weighted by atomic mass is 10.2. The SMILES string of the molecule is COCCCCNCc1nc2sc(C)c(C)c2c(=O)[nH]1. The van der Waals surface area contributed by atoms with Crippen LogP contribution in [0.25, 0.3) is 10.2 Å². The standard InChI is InChI=1S/C14H21N3O2S/c1-9-10(2)20-14-12(9)13(18)16-11(17-14)8-15-6-4-5-7-19-3/h15H,4-8H2,1-3H3,(H,16,17,18). The Bertz CT molecular complexity index is 633. The van der Waals surface area contributed by atoms with Crippen LogP contribution < -0.4 is 10.9 Å². The zero-order valence-electron chi connectivity index (χ0n) is 12.2. The van der Waals surface area contributed by atoms with Crippen LogP contribution in [-0.4, -0.2) is 30.2 Å². The molecule has 0 saturated carbocycles. The molecular weight excluding hydrogens is 274 g/mol. The van der Waals surface area contributed by atoms with Gasteiger partial charge in [-0.2, -0.15) is 0 Å². The summed E-state index contributed by atoms with van der Waals surface area (Å²) >= 11 is 1.58. The molecular formula is C14H21N3O2S. The van der Waals surface area contributed by atoms with Crippen LogP contribution in [0.15, 0.2) is 4.79 Å². The van der Waals surface area contributed by atoms with Gasteiger partial charge in [-0.05, 0) is 38.8 Å². The Kier molecular flexibility index (Phi) is 5.28. The van der Waals surface area contributed by atoms with Gasteiger partial charge in [-0.15, -0.1) is 11.3 Å². The van der Waals surface area contributed by atoms with Crippen LogP contribution in [-0.2, 0) is 11.3 Å². The van der Waals surface area contributed by atoms with E-state index in [0.29, 0.717) is 12.4 Å². The van der Waals surface area contributed by atoms with Crippen molar-refractivity contribution in [3.05, 3.63) is 26.6 Å². The molecule has 0 radical (unpaired) electrons. The van der Waals surface area contributed by atoms with Crippen LogP contribution in [0.3, 0.4) is 0 Å². The fraction of sp³-hybridized carbons (Fsp3) is 0.571. The number of nitrogens with one attached hydrogen (secondary N) is 2. The topological polar surface area (TPSA) is 67.0 Å². The molecule has 0 amide bonds. The molecule has 6 heteroatoms. The van der Waals surface area contributed by atoms with Gasteiger partial charge in [0.15, 0.2) is 0 Å². The molecule has 0 aliphatic rings. The zero-order chi connectivity index (χ0) is 14.5. The third-order valence-corrected chi connectivity index (χ3v) is 4.43. The summed E-state index contributed by atoms with van der Waals surface area (Å²) in [6.07, 6.45) is 2.09. The molecule has 0 saturated heterocycles. The average Bonchev–Trinajstić information content (AvgIpc) is 2.69. The number of fused-ring (bicyclic) bond motifs is 1. The molecule has 0 aliphatic carbocycles. The number of rotatable bonds is 7. The van der Waals surface area contributed by atoms with Gasteiger partial charge in [-0.1, -0.05) is 0 Å². The first kappa shape index (κ1) is 15.2. The summed E-state index contributed by atoms with van der Waals surface area (Å²) in [7, 11) is 1.71. The van der Waals surface area contributed by atoms with E-state index in [0.717, 1.165) is 46.7 Å². The van der Waals surface area contributed by atoms with E-state index >= 15 is 0 Å². The summed E-state index contributed by atoms with van der Waals surface area (Å²) < 4.78 is 5.00. The quantitative estimate of drug-likeness (QED) is 0.768. The van der Waals surface area contributed by atoms with Crippen LogP contribution in [0.2, 0.25) is 0 Å². The lowest BCUT2D eigenvalue weighted by molar-refractivity contribution is 0.192. The molecule has 110 valence electrons. The monoisotopic (exact) mass is 295 g/mol.